The number of aryl methyl sites for hydroxylation is 1. The molecule has 0 atom stereocenters. The molecule has 0 N–H and O–H groups in total. The normalized spacial score (nSPS) is 11.7. The summed E-state index contributed by atoms with van der Waals surface area (Å²) in [5, 5.41) is 1.09. The SMILES string of the molecule is C=C(Br)/C=C\C(=C)C(=C)/C=c1/c(-c2ccccc2)c(-c2ccccc2C)sc1=C. The molecule has 3 aromatic rings. The van der Waals surface area contributed by atoms with Crippen LogP contribution in [0.25, 0.3) is 34.2 Å². The fourth-order valence-corrected chi connectivity index (χ4v) is 4.44. The Kier molecular flexibility index (Phi) is 6.68. The second-order valence-corrected chi connectivity index (χ2v) is 8.92. The second kappa shape index (κ2) is 9.21. The van der Waals surface area contributed by atoms with Crippen molar-refractivity contribution < 1.29 is 0 Å². The molecule has 0 bridgehead atoms. The van der Waals surface area contributed by atoms with E-state index in [1.54, 1.807) is 11.3 Å². The summed E-state index contributed by atoms with van der Waals surface area (Å²) in [4.78, 5) is 1.23. The van der Waals surface area contributed by atoms with Crippen molar-refractivity contribution in [2.75, 3.05) is 0 Å². The third-order valence-corrected chi connectivity index (χ3v) is 6.03. The van der Waals surface area contributed by atoms with E-state index in [1.807, 2.05) is 18.2 Å². The Morgan fingerprint density at radius 3 is 2.21 bits per heavy atom. The number of halogens is 1. The molecule has 0 aliphatic rings. The maximum atomic E-state index is 4.35. The van der Waals surface area contributed by atoms with Crippen molar-refractivity contribution in [1.29, 1.82) is 0 Å². The van der Waals surface area contributed by atoms with Gasteiger partial charge in [0.25, 0.3) is 0 Å². The van der Waals surface area contributed by atoms with Crippen LogP contribution in [0, 0.1) is 6.92 Å². The van der Waals surface area contributed by atoms with Gasteiger partial charge in [0.15, 0.2) is 0 Å². The Labute approximate surface area is 185 Å². The van der Waals surface area contributed by atoms with Crippen LogP contribution in [0.4, 0.5) is 0 Å². The Hall–Kier alpha value is -2.68. The van der Waals surface area contributed by atoms with Gasteiger partial charge in [0.05, 0.1) is 0 Å². The molecule has 2 heteroatoms. The highest BCUT2D eigenvalue weighted by Gasteiger charge is 2.14. The lowest BCUT2D eigenvalue weighted by Gasteiger charge is -2.08. The average Bonchev–Trinajstić information content (AvgIpc) is 3.03. The Bertz CT molecular complexity index is 1220. The second-order valence-electron chi connectivity index (χ2n) is 6.80. The summed E-state index contributed by atoms with van der Waals surface area (Å²) in [5.74, 6) is 0. The topological polar surface area (TPSA) is 0 Å². The lowest BCUT2D eigenvalue weighted by atomic mass is 9.97. The highest BCUT2D eigenvalue weighted by Crippen LogP contribution is 2.34. The minimum atomic E-state index is 0.798. The van der Waals surface area contributed by atoms with Gasteiger partial charge in [-0.1, -0.05) is 103 Å². The third-order valence-electron chi connectivity index (χ3n) is 4.67. The number of hydrogen-bond acceptors (Lipinski definition) is 1. The molecule has 2 aromatic carbocycles. The summed E-state index contributed by atoms with van der Waals surface area (Å²) in [7, 11) is 0. The molecule has 3 rings (SSSR count). The molecule has 29 heavy (non-hydrogen) atoms. The van der Waals surface area contributed by atoms with Crippen LogP contribution in [0.1, 0.15) is 5.56 Å². The van der Waals surface area contributed by atoms with Crippen LogP contribution < -0.4 is 9.75 Å². The zero-order chi connectivity index (χ0) is 21.0. The van der Waals surface area contributed by atoms with Crippen molar-refractivity contribution in [3.63, 3.8) is 0 Å². The first-order valence-corrected chi connectivity index (χ1v) is 10.8. The van der Waals surface area contributed by atoms with Crippen molar-refractivity contribution in [3.05, 3.63) is 117 Å². The van der Waals surface area contributed by atoms with E-state index < -0.39 is 0 Å². The van der Waals surface area contributed by atoms with Gasteiger partial charge in [-0.05, 0) is 46.9 Å². The summed E-state index contributed by atoms with van der Waals surface area (Å²) in [6, 6.07) is 18.9. The van der Waals surface area contributed by atoms with Gasteiger partial charge < -0.3 is 0 Å². The quantitative estimate of drug-likeness (QED) is 0.343. The van der Waals surface area contributed by atoms with Crippen LogP contribution in [0.15, 0.2) is 102 Å². The van der Waals surface area contributed by atoms with Crippen LogP contribution in [0.3, 0.4) is 0 Å². The van der Waals surface area contributed by atoms with Crippen molar-refractivity contribution in [1.82, 2.24) is 0 Å². The predicted molar refractivity (Wildman–Crippen MR) is 135 cm³/mol. The van der Waals surface area contributed by atoms with Crippen molar-refractivity contribution >= 4 is 39.9 Å². The van der Waals surface area contributed by atoms with Crippen LogP contribution in [0.2, 0.25) is 0 Å². The zero-order valence-corrected chi connectivity index (χ0v) is 18.9. The minimum Gasteiger partial charge on any atom is -0.135 e. The highest BCUT2D eigenvalue weighted by atomic mass is 79.9. The molecule has 1 aromatic heterocycles. The molecule has 0 radical (unpaired) electrons. The summed E-state index contributed by atoms with van der Waals surface area (Å²) in [6.07, 6.45) is 5.87. The standard InChI is InChI=1S/C27H23BrS/c1-18(15-16-21(4)28)20(3)17-25-22(5)29-27(24-14-10-9-11-19(24)2)26(25)23-12-7-6-8-13-23/h6-17H,1,3-5H2,2H3/b16-15-,25-17+. The van der Waals surface area contributed by atoms with E-state index in [-0.39, 0.29) is 0 Å². The lowest BCUT2D eigenvalue weighted by molar-refractivity contribution is 1.47. The number of rotatable bonds is 6. The summed E-state index contributed by atoms with van der Waals surface area (Å²) >= 11 is 5.06. The molecular formula is C27H23BrS. The Balaban J connectivity index is 2.24. The van der Waals surface area contributed by atoms with Crippen LogP contribution >= 0.6 is 27.3 Å². The molecule has 0 aliphatic carbocycles. The van der Waals surface area contributed by atoms with E-state index in [2.05, 4.69) is 104 Å². The molecule has 0 amide bonds. The van der Waals surface area contributed by atoms with Gasteiger partial charge in [0.1, 0.15) is 0 Å². The summed E-state index contributed by atoms with van der Waals surface area (Å²) in [6.45, 7) is 18.7. The molecule has 0 nitrogen and oxygen atoms in total. The monoisotopic (exact) mass is 458 g/mol. The molecule has 0 aliphatic heterocycles. The average molecular weight is 459 g/mol. The van der Waals surface area contributed by atoms with E-state index in [0.717, 1.165) is 25.4 Å². The number of thiophene rings is 1. The van der Waals surface area contributed by atoms with Gasteiger partial charge in [-0.15, -0.1) is 11.3 Å². The molecule has 0 fully saturated rings. The molecular weight excluding hydrogens is 436 g/mol. The molecule has 144 valence electrons. The van der Waals surface area contributed by atoms with Crippen LogP contribution in [-0.4, -0.2) is 0 Å². The van der Waals surface area contributed by atoms with Crippen molar-refractivity contribution in [2.24, 2.45) is 0 Å². The molecule has 0 saturated carbocycles. The maximum absolute atomic E-state index is 4.35. The fraction of sp³-hybridized carbons (Fsp3) is 0.0370. The van der Waals surface area contributed by atoms with Gasteiger partial charge in [-0.3, -0.25) is 0 Å². The number of hydrogen-bond donors (Lipinski definition) is 0. The largest absolute Gasteiger partial charge is 0.135 e. The minimum absolute atomic E-state index is 0.798. The molecule has 1 heterocycles. The maximum Gasteiger partial charge on any atom is 0.0436 e. The van der Waals surface area contributed by atoms with E-state index in [0.29, 0.717) is 0 Å². The number of benzene rings is 2. The fourth-order valence-electron chi connectivity index (χ4n) is 3.12. The van der Waals surface area contributed by atoms with Crippen LogP contribution in [0.5, 0.6) is 0 Å². The van der Waals surface area contributed by atoms with E-state index >= 15 is 0 Å². The van der Waals surface area contributed by atoms with Crippen molar-refractivity contribution in [2.45, 2.75) is 6.92 Å². The smallest absolute Gasteiger partial charge is 0.0436 e. The van der Waals surface area contributed by atoms with Crippen molar-refractivity contribution in [3.8, 4) is 21.6 Å². The third kappa shape index (κ3) is 4.84. The van der Waals surface area contributed by atoms with Gasteiger partial charge in [-0.2, -0.15) is 0 Å². The van der Waals surface area contributed by atoms with E-state index in [4.69, 9.17) is 0 Å². The zero-order valence-electron chi connectivity index (χ0n) is 16.5. The van der Waals surface area contributed by atoms with Gasteiger partial charge >= 0.3 is 0 Å². The van der Waals surface area contributed by atoms with E-state index in [9.17, 15) is 0 Å². The molecule has 0 saturated heterocycles. The van der Waals surface area contributed by atoms with E-state index in [1.165, 1.54) is 27.1 Å². The van der Waals surface area contributed by atoms with Gasteiger partial charge in [0.2, 0.25) is 0 Å². The first kappa shape index (κ1) is 21.0. The Morgan fingerprint density at radius 2 is 1.55 bits per heavy atom. The summed E-state index contributed by atoms with van der Waals surface area (Å²) < 4.78 is 1.82. The Morgan fingerprint density at radius 1 is 0.897 bits per heavy atom. The highest BCUT2D eigenvalue weighted by molar-refractivity contribution is 9.11. The summed E-state index contributed by atoms with van der Waals surface area (Å²) in [5.41, 5.74) is 6.54. The lowest BCUT2D eigenvalue weighted by Crippen LogP contribution is -2.18. The van der Waals surface area contributed by atoms with Gasteiger partial charge in [-0.25, -0.2) is 0 Å². The first-order chi connectivity index (χ1) is 13.9. The predicted octanol–water partition coefficient (Wildman–Crippen LogP) is 7.16. The molecule has 0 unspecified atom stereocenters. The van der Waals surface area contributed by atoms with Crippen LogP contribution in [-0.2, 0) is 0 Å². The first-order valence-electron chi connectivity index (χ1n) is 9.24. The van der Waals surface area contributed by atoms with Gasteiger partial charge in [0, 0.05) is 24.7 Å². The number of allylic oxidation sites excluding steroid dienone is 5. The molecule has 0 spiro atoms.